The second-order valence-corrected chi connectivity index (χ2v) is 6.21. The van der Waals surface area contributed by atoms with E-state index >= 15 is 0 Å². The first-order valence-electron chi connectivity index (χ1n) is 8.13. The highest BCUT2D eigenvalue weighted by Gasteiger charge is 2.44. The highest BCUT2D eigenvalue weighted by molar-refractivity contribution is 5.97. The molecule has 0 radical (unpaired) electrons. The van der Waals surface area contributed by atoms with Gasteiger partial charge in [0.05, 0.1) is 18.1 Å². The Morgan fingerprint density at radius 2 is 2.08 bits per heavy atom. The number of urea groups is 1. The van der Waals surface area contributed by atoms with Crippen LogP contribution in [0, 0.1) is 5.92 Å². The smallest absolute Gasteiger partial charge is 0.338 e. The molecule has 134 valence electrons. The Kier molecular flexibility index (Phi) is 5.00. The number of aliphatic hydroxyl groups excluding tert-OH is 1. The first-order valence-corrected chi connectivity index (χ1v) is 8.13. The molecular formula is C17H20N2O6. The quantitative estimate of drug-likeness (QED) is 0.768. The number of hydrogen-bond acceptors (Lipinski definition) is 6. The summed E-state index contributed by atoms with van der Waals surface area (Å²) in [5.41, 5.74) is 0.401. The first kappa shape index (κ1) is 17.4. The van der Waals surface area contributed by atoms with Crippen LogP contribution in [0.1, 0.15) is 23.7 Å². The summed E-state index contributed by atoms with van der Waals surface area (Å²) in [6, 6.07) is 7.97. The van der Waals surface area contributed by atoms with Crippen LogP contribution in [0.15, 0.2) is 30.3 Å². The Morgan fingerprint density at radius 3 is 2.76 bits per heavy atom. The largest absolute Gasteiger partial charge is 0.456 e. The van der Waals surface area contributed by atoms with Crippen molar-refractivity contribution >= 4 is 17.9 Å². The highest BCUT2D eigenvalue weighted by Crippen LogP contribution is 2.28. The van der Waals surface area contributed by atoms with Crippen LogP contribution < -0.4 is 5.32 Å². The van der Waals surface area contributed by atoms with Crippen LogP contribution in [-0.4, -0.2) is 59.5 Å². The van der Waals surface area contributed by atoms with Gasteiger partial charge < -0.3 is 14.6 Å². The van der Waals surface area contributed by atoms with E-state index < -0.39 is 30.4 Å². The highest BCUT2D eigenvalue weighted by atomic mass is 16.6. The maximum Gasteiger partial charge on any atom is 0.338 e. The number of ether oxygens (including phenoxy) is 2. The minimum Gasteiger partial charge on any atom is -0.456 e. The van der Waals surface area contributed by atoms with Crippen molar-refractivity contribution in [3.63, 3.8) is 0 Å². The second kappa shape index (κ2) is 7.20. The zero-order chi connectivity index (χ0) is 18.0. The number of carbonyl (C=O) groups excluding carboxylic acids is 3. The summed E-state index contributed by atoms with van der Waals surface area (Å²) in [5.74, 6) is -1.20. The predicted octanol–water partition coefficient (Wildman–Crippen LogP) is 0.507. The summed E-state index contributed by atoms with van der Waals surface area (Å²) < 4.78 is 11.1. The van der Waals surface area contributed by atoms with Gasteiger partial charge in [-0.05, 0) is 12.1 Å². The van der Waals surface area contributed by atoms with Crippen LogP contribution >= 0.6 is 0 Å². The molecule has 8 heteroatoms. The number of nitrogens with zero attached hydrogens (tertiary/aromatic N) is 1. The van der Waals surface area contributed by atoms with E-state index in [1.54, 1.807) is 37.3 Å². The molecule has 0 aliphatic carbocycles. The summed E-state index contributed by atoms with van der Waals surface area (Å²) in [5, 5.41) is 11.8. The van der Waals surface area contributed by atoms with E-state index in [1.807, 2.05) is 0 Å². The number of rotatable bonds is 4. The van der Waals surface area contributed by atoms with Gasteiger partial charge in [-0.25, -0.2) is 9.59 Å². The number of benzene rings is 1. The van der Waals surface area contributed by atoms with Gasteiger partial charge in [0, 0.05) is 13.0 Å². The maximum absolute atomic E-state index is 12.2. The van der Waals surface area contributed by atoms with Crippen molar-refractivity contribution < 1.29 is 29.0 Å². The SMILES string of the molecule is CC1CN([C@H]2C[C@H](OC(=O)c3ccccc3)[C@@H](CO)O2)C(=O)NC1=O. The number of esters is 1. The Labute approximate surface area is 144 Å². The average Bonchev–Trinajstić information content (AvgIpc) is 3.01. The summed E-state index contributed by atoms with van der Waals surface area (Å²) in [6.45, 7) is 1.58. The van der Waals surface area contributed by atoms with Gasteiger partial charge in [0.2, 0.25) is 5.91 Å². The van der Waals surface area contributed by atoms with Gasteiger partial charge in [-0.15, -0.1) is 0 Å². The summed E-state index contributed by atoms with van der Waals surface area (Å²) in [6.07, 6.45) is -1.83. The standard InChI is InChI=1S/C17H20N2O6/c1-10-8-19(17(23)18-15(10)21)14-7-12(13(9-20)24-14)25-16(22)11-5-3-2-4-6-11/h2-6,10,12-14,20H,7-9H2,1H3,(H,18,21,23)/t10?,12-,13+,14+/m0/s1. The lowest BCUT2D eigenvalue weighted by Crippen LogP contribution is -2.57. The molecule has 1 aromatic carbocycles. The van der Waals surface area contributed by atoms with E-state index in [1.165, 1.54) is 4.90 Å². The van der Waals surface area contributed by atoms with Crippen LogP contribution in [0.25, 0.3) is 0 Å². The number of hydrogen-bond donors (Lipinski definition) is 2. The van der Waals surface area contributed by atoms with Crippen molar-refractivity contribution in [1.82, 2.24) is 10.2 Å². The topological polar surface area (TPSA) is 105 Å². The van der Waals surface area contributed by atoms with Crippen LogP contribution in [0.4, 0.5) is 4.79 Å². The fourth-order valence-corrected chi connectivity index (χ4v) is 2.97. The summed E-state index contributed by atoms with van der Waals surface area (Å²) >= 11 is 0. The average molecular weight is 348 g/mol. The zero-order valence-corrected chi connectivity index (χ0v) is 13.8. The fourth-order valence-electron chi connectivity index (χ4n) is 2.97. The van der Waals surface area contributed by atoms with Gasteiger partial charge in [0.25, 0.3) is 0 Å². The monoisotopic (exact) mass is 348 g/mol. The van der Waals surface area contributed by atoms with Gasteiger partial charge in [-0.2, -0.15) is 0 Å². The summed E-state index contributed by atoms with van der Waals surface area (Å²) in [4.78, 5) is 37.2. The molecule has 2 heterocycles. The Balaban J connectivity index is 1.67. The van der Waals surface area contributed by atoms with Gasteiger partial charge in [0.1, 0.15) is 18.4 Å². The van der Waals surface area contributed by atoms with Crippen LogP contribution in [0.3, 0.4) is 0 Å². The number of amides is 3. The Bertz CT molecular complexity index is 664. The Morgan fingerprint density at radius 1 is 1.36 bits per heavy atom. The molecule has 1 unspecified atom stereocenters. The molecule has 4 atom stereocenters. The second-order valence-electron chi connectivity index (χ2n) is 6.21. The third kappa shape index (κ3) is 3.64. The van der Waals surface area contributed by atoms with Crippen LogP contribution in [-0.2, 0) is 14.3 Å². The number of imide groups is 1. The van der Waals surface area contributed by atoms with E-state index in [0.717, 1.165) is 0 Å². The van der Waals surface area contributed by atoms with Crippen molar-refractivity contribution in [2.45, 2.75) is 31.8 Å². The first-order chi connectivity index (χ1) is 12.0. The molecule has 3 amide bonds. The van der Waals surface area contributed by atoms with E-state index in [-0.39, 0.29) is 31.4 Å². The molecule has 25 heavy (non-hydrogen) atoms. The van der Waals surface area contributed by atoms with Crippen molar-refractivity contribution in [3.05, 3.63) is 35.9 Å². The van der Waals surface area contributed by atoms with E-state index in [4.69, 9.17) is 9.47 Å². The molecule has 0 spiro atoms. The fraction of sp³-hybridized carbons (Fsp3) is 0.471. The molecule has 2 N–H and O–H groups in total. The molecule has 3 rings (SSSR count). The van der Waals surface area contributed by atoms with Gasteiger partial charge in [-0.1, -0.05) is 25.1 Å². The molecule has 2 saturated heterocycles. The Hall–Kier alpha value is -2.45. The lowest BCUT2D eigenvalue weighted by atomic mass is 10.1. The van der Waals surface area contributed by atoms with Crippen molar-refractivity contribution in [1.29, 1.82) is 0 Å². The molecule has 2 fully saturated rings. The summed E-state index contributed by atoms with van der Waals surface area (Å²) in [7, 11) is 0. The van der Waals surface area contributed by atoms with E-state index in [0.29, 0.717) is 5.56 Å². The van der Waals surface area contributed by atoms with Gasteiger partial charge in [0.15, 0.2) is 0 Å². The lowest BCUT2D eigenvalue weighted by molar-refractivity contribution is -0.128. The third-order valence-electron chi connectivity index (χ3n) is 4.39. The molecule has 1 aromatic rings. The van der Waals surface area contributed by atoms with E-state index in [9.17, 15) is 19.5 Å². The predicted molar refractivity (Wildman–Crippen MR) is 85.4 cm³/mol. The number of nitrogens with one attached hydrogen (secondary N) is 1. The maximum atomic E-state index is 12.2. The van der Waals surface area contributed by atoms with Gasteiger partial charge in [-0.3, -0.25) is 15.0 Å². The van der Waals surface area contributed by atoms with Crippen molar-refractivity contribution in [3.8, 4) is 0 Å². The van der Waals surface area contributed by atoms with E-state index in [2.05, 4.69) is 5.32 Å². The molecule has 0 saturated carbocycles. The number of aliphatic hydroxyl groups is 1. The van der Waals surface area contributed by atoms with Crippen LogP contribution in [0.5, 0.6) is 0 Å². The minimum atomic E-state index is -0.724. The number of carbonyl (C=O) groups is 3. The lowest BCUT2D eigenvalue weighted by Gasteiger charge is -2.34. The molecule has 2 aliphatic heterocycles. The molecular weight excluding hydrogens is 328 g/mol. The van der Waals surface area contributed by atoms with Gasteiger partial charge >= 0.3 is 12.0 Å². The zero-order valence-electron chi connectivity index (χ0n) is 13.8. The normalized spacial score (nSPS) is 29.4. The third-order valence-corrected chi connectivity index (χ3v) is 4.39. The molecule has 0 bridgehead atoms. The molecule has 0 aromatic heterocycles. The minimum absolute atomic E-state index is 0.215. The molecule has 2 aliphatic rings. The van der Waals surface area contributed by atoms with Crippen LogP contribution in [0.2, 0.25) is 0 Å². The molecule has 8 nitrogen and oxygen atoms in total. The van der Waals surface area contributed by atoms with Crippen molar-refractivity contribution in [2.75, 3.05) is 13.2 Å². The van der Waals surface area contributed by atoms with Crippen molar-refractivity contribution in [2.24, 2.45) is 5.92 Å².